The molecule has 124 valence electrons. The molecule has 3 heterocycles. The van der Waals surface area contributed by atoms with E-state index in [4.69, 9.17) is 0 Å². The summed E-state index contributed by atoms with van der Waals surface area (Å²) in [5.41, 5.74) is 3.90. The first-order chi connectivity index (χ1) is 12.1. The maximum atomic E-state index is 13.5. The van der Waals surface area contributed by atoms with Gasteiger partial charge in [-0.1, -0.05) is 0 Å². The average Bonchev–Trinajstić information content (AvgIpc) is 3.07. The average molecular weight is 337 g/mol. The predicted molar refractivity (Wildman–Crippen MR) is 90.9 cm³/mol. The number of aromatic nitrogens is 3. The van der Waals surface area contributed by atoms with Crippen molar-refractivity contribution in [2.24, 2.45) is 4.99 Å². The Bertz CT molecular complexity index is 1000. The number of hydrogen-bond donors (Lipinski definition) is 1. The van der Waals surface area contributed by atoms with Gasteiger partial charge in [0.25, 0.3) is 0 Å². The number of aryl methyl sites for hydroxylation is 1. The Morgan fingerprint density at radius 1 is 1.04 bits per heavy atom. The molecule has 1 aromatic carbocycles. The minimum absolute atomic E-state index is 0.308. The number of pyridine rings is 1. The first kappa shape index (κ1) is 15.3. The largest absolute Gasteiger partial charge is 0.339 e. The summed E-state index contributed by atoms with van der Waals surface area (Å²) in [5, 5.41) is 3.19. The van der Waals surface area contributed by atoms with Crippen molar-refractivity contribution in [2.75, 3.05) is 5.32 Å². The first-order valence-corrected chi connectivity index (χ1v) is 7.65. The molecule has 1 aliphatic rings. The van der Waals surface area contributed by atoms with Crippen LogP contribution in [0.2, 0.25) is 0 Å². The predicted octanol–water partition coefficient (Wildman–Crippen LogP) is 3.80. The van der Waals surface area contributed by atoms with Gasteiger partial charge in [0.2, 0.25) is 0 Å². The quantitative estimate of drug-likeness (QED) is 0.789. The van der Waals surface area contributed by atoms with Gasteiger partial charge in [-0.3, -0.25) is 9.98 Å². The molecule has 1 aliphatic heterocycles. The van der Waals surface area contributed by atoms with Gasteiger partial charge in [0.15, 0.2) is 17.5 Å². The summed E-state index contributed by atoms with van der Waals surface area (Å²) >= 11 is 0. The third-order valence-corrected chi connectivity index (χ3v) is 3.89. The highest BCUT2D eigenvalue weighted by Crippen LogP contribution is 2.24. The van der Waals surface area contributed by atoms with E-state index in [2.05, 4.69) is 25.3 Å². The molecule has 0 saturated carbocycles. The Labute approximate surface area is 142 Å². The second kappa shape index (κ2) is 6.01. The molecule has 0 radical (unpaired) electrons. The van der Waals surface area contributed by atoms with Gasteiger partial charge in [0.05, 0.1) is 24.1 Å². The fourth-order valence-electron chi connectivity index (χ4n) is 2.53. The Morgan fingerprint density at radius 2 is 1.92 bits per heavy atom. The Hall–Kier alpha value is -3.22. The van der Waals surface area contributed by atoms with Gasteiger partial charge in [-0.05, 0) is 31.2 Å². The normalized spacial score (nSPS) is 12.3. The number of aliphatic imine (C=N–C) groups is 1. The minimum Gasteiger partial charge on any atom is -0.339 e. The molecule has 0 spiro atoms. The van der Waals surface area contributed by atoms with Crippen LogP contribution in [0, 0.1) is 18.6 Å². The number of hydrogen-bond acceptors (Lipinski definition) is 5. The number of benzene rings is 1. The lowest BCUT2D eigenvalue weighted by Crippen LogP contribution is -2.02. The molecular weight excluding hydrogens is 324 g/mol. The molecule has 0 fully saturated rings. The molecule has 2 aromatic heterocycles. The van der Waals surface area contributed by atoms with Crippen molar-refractivity contribution in [2.45, 2.75) is 13.5 Å². The van der Waals surface area contributed by atoms with Crippen LogP contribution in [0.5, 0.6) is 0 Å². The lowest BCUT2D eigenvalue weighted by atomic mass is 10.2. The number of anilines is 2. The second-order valence-electron chi connectivity index (χ2n) is 5.71. The summed E-state index contributed by atoms with van der Waals surface area (Å²) in [6.07, 6.45) is 5.13. The van der Waals surface area contributed by atoms with E-state index in [9.17, 15) is 8.78 Å². The van der Waals surface area contributed by atoms with Crippen molar-refractivity contribution >= 4 is 17.7 Å². The number of nitrogens with zero attached hydrogens (tertiary/aromatic N) is 4. The monoisotopic (exact) mass is 337 g/mol. The van der Waals surface area contributed by atoms with Gasteiger partial charge < -0.3 is 5.32 Å². The third kappa shape index (κ3) is 2.96. The molecule has 0 unspecified atom stereocenters. The number of halogens is 2. The van der Waals surface area contributed by atoms with E-state index in [0.717, 1.165) is 34.6 Å². The van der Waals surface area contributed by atoms with Crippen LogP contribution in [0.15, 0.2) is 41.7 Å². The van der Waals surface area contributed by atoms with E-state index in [1.165, 1.54) is 6.07 Å². The Balaban J connectivity index is 1.68. The zero-order valence-corrected chi connectivity index (χ0v) is 13.3. The van der Waals surface area contributed by atoms with Crippen LogP contribution in [-0.4, -0.2) is 21.2 Å². The molecule has 0 amide bonds. The summed E-state index contributed by atoms with van der Waals surface area (Å²) in [5.74, 6) is -0.951. The fourth-order valence-corrected chi connectivity index (χ4v) is 2.53. The highest BCUT2D eigenvalue weighted by Gasteiger charge is 2.12. The molecule has 4 rings (SSSR count). The van der Waals surface area contributed by atoms with Crippen molar-refractivity contribution < 1.29 is 8.78 Å². The van der Waals surface area contributed by atoms with Crippen LogP contribution in [0.3, 0.4) is 0 Å². The zero-order valence-electron chi connectivity index (χ0n) is 13.3. The van der Waals surface area contributed by atoms with E-state index in [-0.39, 0.29) is 0 Å². The van der Waals surface area contributed by atoms with E-state index in [0.29, 0.717) is 23.8 Å². The maximum absolute atomic E-state index is 13.5. The Kier molecular flexibility index (Phi) is 3.68. The maximum Gasteiger partial charge on any atom is 0.161 e. The lowest BCUT2D eigenvalue weighted by molar-refractivity contribution is 0.509. The molecule has 0 bridgehead atoms. The van der Waals surface area contributed by atoms with E-state index < -0.39 is 11.6 Å². The highest BCUT2D eigenvalue weighted by molar-refractivity contribution is 5.85. The SMILES string of the molecule is Cc1cnc(-c2ccc(F)c(F)c2)nc1Nc1cnc2c(c1)C=NC2. The van der Waals surface area contributed by atoms with Crippen LogP contribution < -0.4 is 5.32 Å². The summed E-state index contributed by atoms with van der Waals surface area (Å²) in [6.45, 7) is 2.46. The summed E-state index contributed by atoms with van der Waals surface area (Å²) in [7, 11) is 0. The molecule has 1 N–H and O–H groups in total. The van der Waals surface area contributed by atoms with E-state index >= 15 is 0 Å². The topological polar surface area (TPSA) is 63.1 Å². The van der Waals surface area contributed by atoms with Crippen LogP contribution in [0.1, 0.15) is 16.8 Å². The van der Waals surface area contributed by atoms with Gasteiger partial charge in [-0.25, -0.2) is 18.7 Å². The van der Waals surface area contributed by atoms with E-state index in [1.54, 1.807) is 18.6 Å². The van der Waals surface area contributed by atoms with Crippen LogP contribution in [0.25, 0.3) is 11.4 Å². The zero-order chi connectivity index (χ0) is 17.4. The molecule has 0 saturated heterocycles. The second-order valence-corrected chi connectivity index (χ2v) is 5.71. The van der Waals surface area contributed by atoms with Crippen molar-refractivity contribution in [3.8, 4) is 11.4 Å². The molecule has 3 aromatic rings. The van der Waals surface area contributed by atoms with Crippen LogP contribution in [0.4, 0.5) is 20.3 Å². The number of fused-ring (bicyclic) bond motifs is 1. The summed E-state index contributed by atoms with van der Waals surface area (Å²) in [4.78, 5) is 17.2. The summed E-state index contributed by atoms with van der Waals surface area (Å²) < 4.78 is 26.6. The van der Waals surface area contributed by atoms with Crippen LogP contribution >= 0.6 is 0 Å². The number of rotatable bonds is 3. The molecule has 7 heteroatoms. The minimum atomic E-state index is -0.932. The van der Waals surface area contributed by atoms with Gasteiger partial charge in [-0.2, -0.15) is 0 Å². The van der Waals surface area contributed by atoms with Crippen molar-refractivity contribution in [1.82, 2.24) is 15.0 Å². The molecule has 25 heavy (non-hydrogen) atoms. The Morgan fingerprint density at radius 3 is 2.76 bits per heavy atom. The molecule has 0 atom stereocenters. The summed E-state index contributed by atoms with van der Waals surface area (Å²) in [6, 6.07) is 5.53. The van der Waals surface area contributed by atoms with Gasteiger partial charge in [-0.15, -0.1) is 0 Å². The van der Waals surface area contributed by atoms with Crippen molar-refractivity contribution in [3.05, 3.63) is 65.1 Å². The molecule has 0 aliphatic carbocycles. The lowest BCUT2D eigenvalue weighted by Gasteiger charge is -2.11. The highest BCUT2D eigenvalue weighted by atomic mass is 19.2. The van der Waals surface area contributed by atoms with E-state index in [1.807, 2.05) is 13.0 Å². The third-order valence-electron chi connectivity index (χ3n) is 3.89. The van der Waals surface area contributed by atoms with Gasteiger partial charge in [0, 0.05) is 29.1 Å². The molecule has 5 nitrogen and oxygen atoms in total. The fraction of sp³-hybridized carbons (Fsp3) is 0.111. The first-order valence-electron chi connectivity index (χ1n) is 7.65. The van der Waals surface area contributed by atoms with Gasteiger partial charge in [0.1, 0.15) is 5.82 Å². The van der Waals surface area contributed by atoms with Crippen LogP contribution in [-0.2, 0) is 6.54 Å². The van der Waals surface area contributed by atoms with Gasteiger partial charge >= 0.3 is 0 Å². The van der Waals surface area contributed by atoms with Crippen molar-refractivity contribution in [1.29, 1.82) is 0 Å². The standard InChI is InChI=1S/C18H13F2N5/c1-10-6-23-18(11-2-3-14(19)15(20)5-11)25-17(10)24-13-4-12-7-21-9-16(12)22-8-13/h2-8H,9H2,1H3,(H,23,24,25). The molecular formula is C18H13F2N5. The number of nitrogens with one attached hydrogen (secondary N) is 1. The smallest absolute Gasteiger partial charge is 0.161 e. The van der Waals surface area contributed by atoms with Crippen molar-refractivity contribution in [3.63, 3.8) is 0 Å².